The van der Waals surface area contributed by atoms with Gasteiger partial charge in [-0.1, -0.05) is 13.8 Å². The van der Waals surface area contributed by atoms with Crippen molar-refractivity contribution in [1.82, 2.24) is 0 Å². The maximum atomic E-state index is 13.6. The predicted molar refractivity (Wildman–Crippen MR) is 84.5 cm³/mol. The molecule has 20 heavy (non-hydrogen) atoms. The van der Waals surface area contributed by atoms with Crippen molar-refractivity contribution in [3.63, 3.8) is 0 Å². The number of benzene rings is 1. The smallest absolute Gasteiger partial charge is 0.293 e. The Hall–Kier alpha value is -0.960. The molecule has 0 amide bonds. The number of nitrogens with zero attached hydrogens (tertiary/aromatic N) is 1. The van der Waals surface area contributed by atoms with E-state index in [1.54, 1.807) is 29.7 Å². The fourth-order valence-corrected chi connectivity index (χ4v) is 2.08. The Balaban J connectivity index is 2.86. The number of hydrogen-bond donors (Lipinski definition) is 1. The molecule has 0 aliphatic carbocycles. The van der Waals surface area contributed by atoms with Gasteiger partial charge in [0, 0.05) is 32.4 Å². The molecule has 1 aromatic rings. The van der Waals surface area contributed by atoms with Crippen LogP contribution >= 0.6 is 22.6 Å². The first-order chi connectivity index (χ1) is 9.26. The van der Waals surface area contributed by atoms with E-state index in [1.807, 2.05) is 13.8 Å². The fraction of sp³-hybridized carbons (Fsp3) is 0.538. The Morgan fingerprint density at radius 1 is 1.50 bits per heavy atom. The van der Waals surface area contributed by atoms with E-state index in [-0.39, 0.29) is 20.4 Å². The lowest BCUT2D eigenvalue weighted by atomic mass is 9.89. The van der Waals surface area contributed by atoms with E-state index in [0.29, 0.717) is 13.2 Å². The third-order valence-corrected chi connectivity index (χ3v) is 3.80. The first-order valence-electron chi connectivity index (χ1n) is 6.13. The number of hydrogen-bond acceptors (Lipinski definition) is 4. The van der Waals surface area contributed by atoms with Crippen molar-refractivity contribution in [3.05, 3.63) is 31.6 Å². The van der Waals surface area contributed by atoms with Crippen molar-refractivity contribution in [2.45, 2.75) is 20.3 Å². The number of nitro benzene ring substituents is 1. The van der Waals surface area contributed by atoms with Gasteiger partial charge in [0.2, 0.25) is 0 Å². The van der Waals surface area contributed by atoms with Gasteiger partial charge in [0.25, 0.3) is 5.69 Å². The summed E-state index contributed by atoms with van der Waals surface area (Å²) < 4.78 is 18.8. The summed E-state index contributed by atoms with van der Waals surface area (Å²) in [4.78, 5) is 10.5. The minimum atomic E-state index is -0.508. The largest absolute Gasteiger partial charge is 0.385 e. The number of ether oxygens (including phenoxy) is 1. The highest BCUT2D eigenvalue weighted by atomic mass is 127. The van der Waals surface area contributed by atoms with Crippen LogP contribution in [0.5, 0.6) is 0 Å². The van der Waals surface area contributed by atoms with Gasteiger partial charge in [-0.25, -0.2) is 4.39 Å². The van der Waals surface area contributed by atoms with Gasteiger partial charge in [0.1, 0.15) is 11.5 Å². The Kier molecular flexibility index (Phi) is 6.12. The standard InChI is InChI=1S/C13H18FIN2O3/c1-13(2,4-5-20-3)8-16-11-6-9(14)10(15)7-12(11)17(18)19/h6-7,16H,4-5,8H2,1-3H3. The van der Waals surface area contributed by atoms with Gasteiger partial charge in [-0.15, -0.1) is 0 Å². The van der Waals surface area contributed by atoms with E-state index in [2.05, 4.69) is 5.32 Å². The van der Waals surface area contributed by atoms with Gasteiger partial charge < -0.3 is 10.1 Å². The van der Waals surface area contributed by atoms with Crippen molar-refractivity contribution < 1.29 is 14.1 Å². The van der Waals surface area contributed by atoms with E-state index in [4.69, 9.17) is 4.74 Å². The predicted octanol–water partition coefficient (Wildman–Crippen LogP) is 3.81. The van der Waals surface area contributed by atoms with Crippen LogP contribution < -0.4 is 5.32 Å². The van der Waals surface area contributed by atoms with E-state index in [1.165, 1.54) is 12.1 Å². The van der Waals surface area contributed by atoms with Gasteiger partial charge in [-0.2, -0.15) is 0 Å². The second kappa shape index (κ2) is 7.16. The second-order valence-corrected chi connectivity index (χ2v) is 6.46. The molecule has 0 atom stereocenters. The van der Waals surface area contributed by atoms with Crippen molar-refractivity contribution in [2.24, 2.45) is 5.41 Å². The van der Waals surface area contributed by atoms with Crippen LogP contribution in [0.15, 0.2) is 12.1 Å². The molecule has 1 rings (SSSR count). The number of nitro groups is 1. The molecule has 0 spiro atoms. The summed E-state index contributed by atoms with van der Waals surface area (Å²) in [7, 11) is 1.63. The van der Waals surface area contributed by atoms with Crippen LogP contribution in [0.4, 0.5) is 15.8 Å². The third-order valence-electron chi connectivity index (χ3n) is 2.98. The first kappa shape index (κ1) is 17.1. The van der Waals surface area contributed by atoms with E-state index in [0.717, 1.165) is 6.42 Å². The molecular formula is C13H18FIN2O3. The summed E-state index contributed by atoms with van der Waals surface area (Å²) in [6, 6.07) is 2.41. The van der Waals surface area contributed by atoms with Gasteiger partial charge >= 0.3 is 0 Å². The second-order valence-electron chi connectivity index (χ2n) is 5.30. The third kappa shape index (κ3) is 4.86. The van der Waals surface area contributed by atoms with Crippen molar-refractivity contribution in [2.75, 3.05) is 25.6 Å². The fourth-order valence-electron chi connectivity index (χ4n) is 1.63. The Morgan fingerprint density at radius 3 is 2.70 bits per heavy atom. The highest BCUT2D eigenvalue weighted by Gasteiger charge is 2.21. The number of anilines is 1. The number of methoxy groups -OCH3 is 1. The van der Waals surface area contributed by atoms with E-state index < -0.39 is 10.7 Å². The zero-order chi connectivity index (χ0) is 15.3. The number of rotatable bonds is 7. The lowest BCUT2D eigenvalue weighted by Crippen LogP contribution is -2.25. The highest BCUT2D eigenvalue weighted by molar-refractivity contribution is 14.1. The molecule has 0 aliphatic rings. The maximum absolute atomic E-state index is 13.6. The zero-order valence-corrected chi connectivity index (χ0v) is 13.9. The van der Waals surface area contributed by atoms with E-state index in [9.17, 15) is 14.5 Å². The van der Waals surface area contributed by atoms with Crippen molar-refractivity contribution in [1.29, 1.82) is 0 Å². The molecule has 112 valence electrons. The Bertz CT molecular complexity index is 495. The maximum Gasteiger partial charge on any atom is 0.293 e. The lowest BCUT2D eigenvalue weighted by Gasteiger charge is -2.25. The van der Waals surface area contributed by atoms with Crippen LogP contribution in [0.25, 0.3) is 0 Å². The minimum absolute atomic E-state index is 0.108. The van der Waals surface area contributed by atoms with Crippen LogP contribution in [-0.4, -0.2) is 25.2 Å². The van der Waals surface area contributed by atoms with Crippen LogP contribution in [0.1, 0.15) is 20.3 Å². The molecule has 0 radical (unpaired) electrons. The van der Waals surface area contributed by atoms with Gasteiger partial charge in [-0.05, 0) is 34.4 Å². The lowest BCUT2D eigenvalue weighted by molar-refractivity contribution is -0.384. The van der Waals surface area contributed by atoms with Crippen LogP contribution in [-0.2, 0) is 4.74 Å². The monoisotopic (exact) mass is 396 g/mol. The molecule has 1 N–H and O–H groups in total. The molecule has 0 fully saturated rings. The molecule has 0 aliphatic heterocycles. The Labute approximate surface area is 131 Å². The molecule has 1 aromatic carbocycles. The summed E-state index contributed by atoms with van der Waals surface area (Å²) in [6.45, 7) is 5.15. The quantitative estimate of drug-likeness (QED) is 0.433. The van der Waals surface area contributed by atoms with Gasteiger partial charge in [-0.3, -0.25) is 10.1 Å². The molecule has 0 saturated heterocycles. The van der Waals surface area contributed by atoms with Crippen molar-refractivity contribution in [3.8, 4) is 0 Å². The number of halogens is 2. The van der Waals surface area contributed by atoms with Crippen LogP contribution in [0.3, 0.4) is 0 Å². The molecule has 0 unspecified atom stereocenters. The summed E-state index contributed by atoms with van der Waals surface area (Å²) in [5.74, 6) is -0.464. The average Bonchev–Trinajstić information content (AvgIpc) is 2.37. The summed E-state index contributed by atoms with van der Waals surface area (Å²) in [5.41, 5.74) is -0.0136. The molecule has 7 heteroatoms. The Morgan fingerprint density at radius 2 is 2.15 bits per heavy atom. The molecule has 0 saturated carbocycles. The molecule has 0 aromatic heterocycles. The van der Waals surface area contributed by atoms with Crippen molar-refractivity contribution >= 4 is 34.0 Å². The number of nitrogens with one attached hydrogen (secondary N) is 1. The molecule has 0 heterocycles. The van der Waals surface area contributed by atoms with Gasteiger partial charge in [0.05, 0.1) is 8.49 Å². The van der Waals surface area contributed by atoms with E-state index >= 15 is 0 Å². The summed E-state index contributed by atoms with van der Waals surface area (Å²) >= 11 is 1.74. The van der Waals surface area contributed by atoms with Gasteiger partial charge in [0.15, 0.2) is 0 Å². The highest BCUT2D eigenvalue weighted by Crippen LogP contribution is 2.30. The summed E-state index contributed by atoms with van der Waals surface area (Å²) in [6.07, 6.45) is 0.803. The van der Waals surface area contributed by atoms with Crippen LogP contribution in [0.2, 0.25) is 0 Å². The topological polar surface area (TPSA) is 64.4 Å². The normalized spacial score (nSPS) is 11.4. The molecule has 0 bridgehead atoms. The zero-order valence-electron chi connectivity index (χ0n) is 11.7. The summed E-state index contributed by atoms with van der Waals surface area (Å²) in [5, 5.41) is 14.0. The first-order valence-corrected chi connectivity index (χ1v) is 7.21. The average molecular weight is 396 g/mol. The minimum Gasteiger partial charge on any atom is -0.385 e. The molecular weight excluding hydrogens is 378 g/mol. The molecule has 5 nitrogen and oxygen atoms in total. The van der Waals surface area contributed by atoms with Crippen LogP contribution in [0, 0.1) is 24.9 Å². The SMILES string of the molecule is COCCC(C)(C)CNc1cc(F)c(I)cc1[N+](=O)[O-].